The van der Waals surface area contributed by atoms with Gasteiger partial charge < -0.3 is 10.6 Å². The number of aromatic nitrogens is 1. The molecule has 2 aliphatic rings. The molecular weight excluding hydrogens is 358 g/mol. The lowest BCUT2D eigenvalue weighted by Gasteiger charge is -2.25. The molecule has 2 fully saturated rings. The fourth-order valence-electron chi connectivity index (χ4n) is 4.67. The number of hydrogen-bond acceptors (Lipinski definition) is 4. The number of amides is 2. The smallest absolute Gasteiger partial charge is 0.251 e. The average Bonchev–Trinajstić information content (AvgIpc) is 3.29. The zero-order valence-electron chi connectivity index (χ0n) is 15.5. The lowest BCUT2D eigenvalue weighted by molar-refractivity contribution is -0.119. The number of nitrogens with one attached hydrogen (secondary N) is 2. The van der Waals surface area contributed by atoms with Crippen molar-refractivity contribution in [1.29, 1.82) is 0 Å². The Morgan fingerprint density at radius 2 is 1.89 bits per heavy atom. The van der Waals surface area contributed by atoms with E-state index >= 15 is 0 Å². The van der Waals surface area contributed by atoms with Crippen molar-refractivity contribution in [3.8, 4) is 0 Å². The van der Waals surface area contributed by atoms with Gasteiger partial charge in [-0.15, -0.1) is 11.3 Å². The zero-order chi connectivity index (χ0) is 18.9. The molecule has 2 amide bonds. The van der Waals surface area contributed by atoms with Crippen LogP contribution >= 0.6 is 11.3 Å². The first kappa shape index (κ1) is 18.2. The van der Waals surface area contributed by atoms with Gasteiger partial charge in [0.15, 0.2) is 5.13 Å². The maximum absolute atomic E-state index is 13.3. The molecule has 27 heavy (non-hydrogen) atoms. The molecule has 2 atom stereocenters. The van der Waals surface area contributed by atoms with Crippen LogP contribution < -0.4 is 10.6 Å². The summed E-state index contributed by atoms with van der Waals surface area (Å²) < 4.78 is 0. The molecular formula is C21H25N3O2S. The predicted molar refractivity (Wildman–Crippen MR) is 107 cm³/mol. The Hall–Kier alpha value is -2.21. The van der Waals surface area contributed by atoms with Gasteiger partial charge >= 0.3 is 0 Å². The molecule has 2 N–H and O–H groups in total. The lowest BCUT2D eigenvalue weighted by atomic mass is 9.80. The summed E-state index contributed by atoms with van der Waals surface area (Å²) in [6, 6.07) is 7.55. The summed E-state index contributed by atoms with van der Waals surface area (Å²) in [5.41, 5.74) is 1.14. The number of benzene rings is 1. The second-order valence-electron chi connectivity index (χ2n) is 7.63. The molecule has 4 rings (SSSR count). The Kier molecular flexibility index (Phi) is 5.00. The summed E-state index contributed by atoms with van der Waals surface area (Å²) in [5, 5.41) is 8.19. The maximum Gasteiger partial charge on any atom is 0.251 e. The number of hydrogen-bond donors (Lipinski definition) is 2. The first-order valence-electron chi connectivity index (χ1n) is 9.68. The van der Waals surface area contributed by atoms with E-state index in [1.807, 2.05) is 29.6 Å². The van der Waals surface area contributed by atoms with E-state index in [1.54, 1.807) is 13.2 Å². The standard InChI is InChI=1S/C21H25N3O2S/c1-22-18(25)15-7-9-16(10-8-15)21(19(26)24-20-23-11-12-27-20)13-17(21)14-5-3-2-4-6-14/h7-12,14,17H,2-6,13H2,1H3,(H,22,25)(H,23,24,26)/t17-,21-/m0/s1. The fraction of sp³-hybridized carbons (Fsp3) is 0.476. The van der Waals surface area contributed by atoms with E-state index in [2.05, 4.69) is 15.6 Å². The Balaban J connectivity index is 1.62. The van der Waals surface area contributed by atoms with Gasteiger partial charge in [0, 0.05) is 24.2 Å². The van der Waals surface area contributed by atoms with Crippen molar-refractivity contribution in [2.45, 2.75) is 43.9 Å². The highest BCUT2D eigenvalue weighted by atomic mass is 32.1. The largest absolute Gasteiger partial charge is 0.355 e. The molecule has 5 nitrogen and oxygen atoms in total. The van der Waals surface area contributed by atoms with Crippen LogP contribution in [0.15, 0.2) is 35.8 Å². The quantitative estimate of drug-likeness (QED) is 0.820. The van der Waals surface area contributed by atoms with Gasteiger partial charge in [0.05, 0.1) is 5.41 Å². The van der Waals surface area contributed by atoms with Gasteiger partial charge in [-0.1, -0.05) is 44.2 Å². The molecule has 1 heterocycles. The fourth-order valence-corrected chi connectivity index (χ4v) is 5.20. The van der Waals surface area contributed by atoms with Crippen molar-refractivity contribution in [3.05, 3.63) is 47.0 Å². The van der Waals surface area contributed by atoms with E-state index in [4.69, 9.17) is 0 Å². The minimum atomic E-state index is -0.491. The number of nitrogens with zero attached hydrogens (tertiary/aromatic N) is 1. The highest BCUT2D eigenvalue weighted by Crippen LogP contribution is 2.61. The molecule has 2 saturated carbocycles. The van der Waals surface area contributed by atoms with Crippen LogP contribution in [0.4, 0.5) is 5.13 Å². The number of carbonyl (C=O) groups is 2. The zero-order valence-corrected chi connectivity index (χ0v) is 16.3. The van der Waals surface area contributed by atoms with Gasteiger partial charge in [0.1, 0.15) is 0 Å². The minimum Gasteiger partial charge on any atom is -0.355 e. The molecule has 1 aromatic heterocycles. The first-order valence-corrected chi connectivity index (χ1v) is 10.6. The van der Waals surface area contributed by atoms with Crippen molar-refractivity contribution in [1.82, 2.24) is 10.3 Å². The summed E-state index contributed by atoms with van der Waals surface area (Å²) >= 11 is 1.44. The van der Waals surface area contributed by atoms with Gasteiger partial charge in [-0.05, 0) is 36.0 Å². The summed E-state index contributed by atoms with van der Waals surface area (Å²) in [4.78, 5) is 29.4. The van der Waals surface area contributed by atoms with Gasteiger partial charge in [-0.2, -0.15) is 0 Å². The highest BCUT2D eigenvalue weighted by Gasteiger charge is 2.63. The molecule has 2 aromatic rings. The minimum absolute atomic E-state index is 0.0423. The monoisotopic (exact) mass is 383 g/mol. The molecule has 0 saturated heterocycles. The normalized spacial score (nSPS) is 25.0. The van der Waals surface area contributed by atoms with Gasteiger partial charge in [-0.25, -0.2) is 4.98 Å². The predicted octanol–water partition coefficient (Wildman–Crippen LogP) is 3.98. The van der Waals surface area contributed by atoms with Crippen molar-refractivity contribution in [2.24, 2.45) is 11.8 Å². The SMILES string of the molecule is CNC(=O)c1ccc([C@@]2(C(=O)Nc3nccs3)C[C@H]2C2CCCCC2)cc1. The lowest BCUT2D eigenvalue weighted by Crippen LogP contribution is -2.32. The number of rotatable bonds is 5. The van der Waals surface area contributed by atoms with Crippen LogP contribution in [0.2, 0.25) is 0 Å². The van der Waals surface area contributed by atoms with Gasteiger partial charge in [0.2, 0.25) is 5.91 Å². The number of thiazole rings is 1. The van der Waals surface area contributed by atoms with Crippen molar-refractivity contribution in [3.63, 3.8) is 0 Å². The van der Waals surface area contributed by atoms with E-state index in [0.717, 1.165) is 12.0 Å². The van der Waals surface area contributed by atoms with Crippen LogP contribution in [-0.2, 0) is 10.2 Å². The third kappa shape index (κ3) is 3.38. The van der Waals surface area contributed by atoms with Crippen LogP contribution in [0.3, 0.4) is 0 Å². The molecule has 1 aromatic carbocycles. The van der Waals surface area contributed by atoms with Crippen molar-refractivity contribution in [2.75, 3.05) is 12.4 Å². The molecule has 0 aliphatic heterocycles. The van der Waals surface area contributed by atoms with Crippen molar-refractivity contribution < 1.29 is 9.59 Å². The van der Waals surface area contributed by atoms with E-state index in [-0.39, 0.29) is 11.8 Å². The molecule has 2 aliphatic carbocycles. The summed E-state index contributed by atoms with van der Waals surface area (Å²) in [5.74, 6) is 0.922. The third-order valence-electron chi connectivity index (χ3n) is 6.18. The summed E-state index contributed by atoms with van der Waals surface area (Å²) in [6.07, 6.45) is 8.86. The van der Waals surface area contributed by atoms with Crippen LogP contribution in [0.25, 0.3) is 0 Å². The second-order valence-corrected chi connectivity index (χ2v) is 8.52. The Morgan fingerprint density at radius 3 is 2.52 bits per heavy atom. The molecule has 0 radical (unpaired) electrons. The van der Waals surface area contributed by atoms with Crippen LogP contribution in [-0.4, -0.2) is 23.8 Å². The summed E-state index contributed by atoms with van der Waals surface area (Å²) in [7, 11) is 1.62. The second kappa shape index (κ2) is 7.43. The molecule has 0 spiro atoms. The topological polar surface area (TPSA) is 71.1 Å². The highest BCUT2D eigenvalue weighted by molar-refractivity contribution is 7.13. The van der Waals surface area contributed by atoms with E-state index in [9.17, 15) is 9.59 Å². The maximum atomic E-state index is 13.3. The Labute approximate surface area is 163 Å². The van der Waals surface area contributed by atoms with E-state index < -0.39 is 5.41 Å². The van der Waals surface area contributed by atoms with Crippen molar-refractivity contribution >= 4 is 28.3 Å². The van der Waals surface area contributed by atoms with Crippen LogP contribution in [0.5, 0.6) is 0 Å². The Morgan fingerprint density at radius 1 is 1.15 bits per heavy atom. The summed E-state index contributed by atoms with van der Waals surface area (Å²) in [6.45, 7) is 0. The van der Waals surface area contributed by atoms with Gasteiger partial charge in [-0.3, -0.25) is 9.59 Å². The van der Waals surface area contributed by atoms with Gasteiger partial charge in [0.25, 0.3) is 5.91 Å². The van der Waals surface area contributed by atoms with Crippen LogP contribution in [0.1, 0.15) is 54.4 Å². The van der Waals surface area contributed by atoms with E-state index in [1.165, 1.54) is 43.4 Å². The molecule has 0 bridgehead atoms. The Bertz CT molecular complexity index is 812. The average molecular weight is 384 g/mol. The number of carbonyl (C=O) groups excluding carboxylic acids is 2. The third-order valence-corrected chi connectivity index (χ3v) is 6.87. The molecule has 0 unspecified atom stereocenters. The van der Waals surface area contributed by atoms with Crippen LogP contribution in [0, 0.1) is 11.8 Å². The molecule has 142 valence electrons. The number of anilines is 1. The van der Waals surface area contributed by atoms with E-state index in [0.29, 0.717) is 22.5 Å². The first-order chi connectivity index (χ1) is 13.1. The molecule has 6 heteroatoms.